The molecule has 2 aromatic heterocycles. The summed E-state index contributed by atoms with van der Waals surface area (Å²) in [5.74, 6) is 0. The molecule has 5 nitrogen and oxygen atoms in total. The lowest BCUT2D eigenvalue weighted by Gasteiger charge is -2.12. The standard InChI is InChI=1S/C12H16BrN3O2S2/c1-4-16-7-10(8(2)14-16)9(3)15-20(17,18)12-6-5-11(13)19-12/h5-7,9,15H,4H2,1-3H3. The van der Waals surface area contributed by atoms with Crippen LogP contribution < -0.4 is 4.72 Å². The van der Waals surface area contributed by atoms with E-state index in [1.807, 2.05) is 27.0 Å². The van der Waals surface area contributed by atoms with Crippen molar-refractivity contribution in [2.75, 3.05) is 0 Å². The first kappa shape index (κ1) is 15.7. The predicted molar refractivity (Wildman–Crippen MR) is 83.4 cm³/mol. The van der Waals surface area contributed by atoms with E-state index >= 15 is 0 Å². The Kier molecular flexibility index (Phi) is 4.68. The Morgan fingerprint density at radius 3 is 2.70 bits per heavy atom. The van der Waals surface area contributed by atoms with Gasteiger partial charge in [-0.2, -0.15) is 5.10 Å². The number of hydrogen-bond acceptors (Lipinski definition) is 4. The molecule has 1 atom stereocenters. The van der Waals surface area contributed by atoms with Crippen LogP contribution in [0.3, 0.4) is 0 Å². The monoisotopic (exact) mass is 377 g/mol. The minimum atomic E-state index is -3.50. The third-order valence-electron chi connectivity index (χ3n) is 2.92. The van der Waals surface area contributed by atoms with Crippen LogP contribution in [-0.2, 0) is 16.6 Å². The number of sulfonamides is 1. The van der Waals surface area contributed by atoms with Gasteiger partial charge in [-0.3, -0.25) is 4.68 Å². The molecule has 2 heterocycles. The molecule has 0 fully saturated rings. The lowest BCUT2D eigenvalue weighted by Crippen LogP contribution is -2.26. The molecule has 1 unspecified atom stereocenters. The normalized spacial score (nSPS) is 13.6. The molecular formula is C12H16BrN3O2S2. The topological polar surface area (TPSA) is 64.0 Å². The summed E-state index contributed by atoms with van der Waals surface area (Å²) in [7, 11) is -3.50. The molecule has 2 aromatic rings. The zero-order chi connectivity index (χ0) is 14.9. The highest BCUT2D eigenvalue weighted by molar-refractivity contribution is 9.11. The van der Waals surface area contributed by atoms with Gasteiger partial charge in [0.25, 0.3) is 10.0 Å². The molecule has 8 heteroatoms. The SMILES string of the molecule is CCn1cc(C(C)NS(=O)(=O)c2ccc(Br)s2)c(C)n1. The van der Waals surface area contributed by atoms with E-state index in [0.29, 0.717) is 4.21 Å². The number of hydrogen-bond donors (Lipinski definition) is 1. The van der Waals surface area contributed by atoms with E-state index in [1.54, 1.807) is 16.8 Å². The van der Waals surface area contributed by atoms with Gasteiger partial charge in [-0.1, -0.05) is 0 Å². The summed E-state index contributed by atoms with van der Waals surface area (Å²) in [5, 5.41) is 4.33. The van der Waals surface area contributed by atoms with Crippen LogP contribution in [0.4, 0.5) is 0 Å². The van der Waals surface area contributed by atoms with Gasteiger partial charge in [-0.05, 0) is 48.8 Å². The van der Waals surface area contributed by atoms with Gasteiger partial charge in [0.15, 0.2) is 0 Å². The zero-order valence-electron chi connectivity index (χ0n) is 11.4. The van der Waals surface area contributed by atoms with E-state index in [-0.39, 0.29) is 6.04 Å². The fraction of sp³-hybridized carbons (Fsp3) is 0.417. The van der Waals surface area contributed by atoms with Gasteiger partial charge in [0.2, 0.25) is 0 Å². The Labute approximate surface area is 131 Å². The minimum absolute atomic E-state index is 0.303. The molecule has 110 valence electrons. The van der Waals surface area contributed by atoms with E-state index in [9.17, 15) is 8.42 Å². The fourth-order valence-electron chi connectivity index (χ4n) is 1.92. The van der Waals surface area contributed by atoms with Gasteiger partial charge in [-0.25, -0.2) is 13.1 Å². The Balaban J connectivity index is 2.22. The third-order valence-corrected chi connectivity index (χ3v) is 6.58. The van der Waals surface area contributed by atoms with Gasteiger partial charge in [0.1, 0.15) is 4.21 Å². The number of halogens is 1. The largest absolute Gasteiger partial charge is 0.272 e. The summed E-state index contributed by atoms with van der Waals surface area (Å²) in [4.78, 5) is 0. The fourth-order valence-corrected chi connectivity index (χ4v) is 5.17. The van der Waals surface area contributed by atoms with Crippen LogP contribution in [0.15, 0.2) is 26.3 Å². The number of aryl methyl sites for hydroxylation is 2. The molecule has 20 heavy (non-hydrogen) atoms. The van der Waals surface area contributed by atoms with Crippen LogP contribution in [0.2, 0.25) is 0 Å². The summed E-state index contributed by atoms with van der Waals surface area (Å²) >= 11 is 4.46. The quantitative estimate of drug-likeness (QED) is 0.870. The number of nitrogens with one attached hydrogen (secondary N) is 1. The second-order valence-electron chi connectivity index (χ2n) is 4.43. The molecule has 1 N–H and O–H groups in total. The zero-order valence-corrected chi connectivity index (χ0v) is 14.6. The van der Waals surface area contributed by atoms with Crippen LogP contribution >= 0.6 is 27.3 Å². The highest BCUT2D eigenvalue weighted by Crippen LogP contribution is 2.27. The van der Waals surface area contributed by atoms with Crippen molar-refractivity contribution >= 4 is 37.3 Å². The van der Waals surface area contributed by atoms with Gasteiger partial charge < -0.3 is 0 Å². The summed E-state index contributed by atoms with van der Waals surface area (Å²) in [6.45, 7) is 6.46. The van der Waals surface area contributed by atoms with E-state index in [0.717, 1.165) is 21.6 Å². The Bertz CT molecular complexity index is 706. The second-order valence-corrected chi connectivity index (χ2v) is 8.83. The van der Waals surface area contributed by atoms with Crippen molar-refractivity contribution in [2.24, 2.45) is 0 Å². The molecule has 0 saturated carbocycles. The molecule has 0 bridgehead atoms. The van der Waals surface area contributed by atoms with Crippen LogP contribution in [0.1, 0.15) is 31.1 Å². The molecule has 2 rings (SSSR count). The summed E-state index contributed by atoms with van der Waals surface area (Å²) < 4.78 is 30.1. The van der Waals surface area contributed by atoms with Crippen LogP contribution in [0.5, 0.6) is 0 Å². The van der Waals surface area contributed by atoms with Crippen molar-refractivity contribution in [3.8, 4) is 0 Å². The maximum absolute atomic E-state index is 12.3. The van der Waals surface area contributed by atoms with Crippen molar-refractivity contribution in [3.05, 3.63) is 33.4 Å². The molecule has 0 aromatic carbocycles. The second kappa shape index (κ2) is 5.97. The van der Waals surface area contributed by atoms with Crippen LogP contribution in [-0.4, -0.2) is 18.2 Å². The number of thiophene rings is 1. The first-order valence-electron chi connectivity index (χ1n) is 6.15. The van der Waals surface area contributed by atoms with E-state index < -0.39 is 10.0 Å². The van der Waals surface area contributed by atoms with Crippen LogP contribution in [0.25, 0.3) is 0 Å². The molecule has 0 spiro atoms. The Morgan fingerprint density at radius 2 is 2.20 bits per heavy atom. The Morgan fingerprint density at radius 1 is 1.50 bits per heavy atom. The van der Waals surface area contributed by atoms with Crippen LogP contribution in [0, 0.1) is 6.92 Å². The number of aromatic nitrogens is 2. The van der Waals surface area contributed by atoms with Crippen molar-refractivity contribution < 1.29 is 8.42 Å². The maximum Gasteiger partial charge on any atom is 0.250 e. The lowest BCUT2D eigenvalue weighted by atomic mass is 10.1. The summed E-state index contributed by atoms with van der Waals surface area (Å²) in [6.07, 6.45) is 1.88. The summed E-state index contributed by atoms with van der Waals surface area (Å²) in [6, 6.07) is 3.00. The van der Waals surface area contributed by atoms with Gasteiger partial charge in [0.05, 0.1) is 9.48 Å². The van der Waals surface area contributed by atoms with Crippen molar-refractivity contribution in [1.29, 1.82) is 0 Å². The Hall–Kier alpha value is -0.700. The highest BCUT2D eigenvalue weighted by atomic mass is 79.9. The molecule has 0 aliphatic carbocycles. The first-order chi connectivity index (χ1) is 9.33. The smallest absolute Gasteiger partial charge is 0.250 e. The van der Waals surface area contributed by atoms with E-state index in [2.05, 4.69) is 25.8 Å². The number of rotatable bonds is 5. The van der Waals surface area contributed by atoms with Crippen molar-refractivity contribution in [1.82, 2.24) is 14.5 Å². The minimum Gasteiger partial charge on any atom is -0.272 e. The maximum atomic E-state index is 12.3. The van der Waals surface area contributed by atoms with E-state index in [1.165, 1.54) is 11.3 Å². The molecule has 0 aliphatic heterocycles. The molecule has 0 saturated heterocycles. The van der Waals surface area contributed by atoms with Crippen molar-refractivity contribution in [2.45, 2.75) is 37.6 Å². The van der Waals surface area contributed by atoms with Gasteiger partial charge in [0, 0.05) is 24.3 Å². The predicted octanol–water partition coefficient (Wildman–Crippen LogP) is 3.07. The average Bonchev–Trinajstić information content (AvgIpc) is 2.95. The highest BCUT2D eigenvalue weighted by Gasteiger charge is 2.22. The van der Waals surface area contributed by atoms with E-state index in [4.69, 9.17) is 0 Å². The third kappa shape index (κ3) is 3.30. The number of nitrogens with zero attached hydrogens (tertiary/aromatic N) is 2. The molecule has 0 aliphatic rings. The molecule has 0 radical (unpaired) electrons. The van der Waals surface area contributed by atoms with Gasteiger partial charge >= 0.3 is 0 Å². The summed E-state index contributed by atoms with van der Waals surface area (Å²) in [5.41, 5.74) is 1.74. The lowest BCUT2D eigenvalue weighted by molar-refractivity contribution is 0.568. The molecule has 0 amide bonds. The van der Waals surface area contributed by atoms with Crippen molar-refractivity contribution in [3.63, 3.8) is 0 Å². The molecular weight excluding hydrogens is 362 g/mol. The van der Waals surface area contributed by atoms with Gasteiger partial charge in [-0.15, -0.1) is 11.3 Å². The average molecular weight is 378 g/mol. The first-order valence-corrected chi connectivity index (χ1v) is 9.24.